The van der Waals surface area contributed by atoms with E-state index in [1.165, 1.54) is 17.7 Å². The van der Waals surface area contributed by atoms with Crippen LogP contribution < -0.4 is 9.46 Å². The highest BCUT2D eigenvalue weighted by atomic mass is 32.2. The second-order valence-corrected chi connectivity index (χ2v) is 10.4. The fourth-order valence-electron chi connectivity index (χ4n) is 4.14. The Morgan fingerprint density at radius 2 is 1.44 bits per heavy atom. The maximum Gasteiger partial charge on any atom is 0.260 e. The lowest BCUT2D eigenvalue weighted by Crippen LogP contribution is -2.41. The van der Waals surface area contributed by atoms with E-state index in [4.69, 9.17) is 4.74 Å². The highest BCUT2D eigenvalue weighted by molar-refractivity contribution is 7.89. The van der Waals surface area contributed by atoms with E-state index in [9.17, 15) is 13.2 Å². The van der Waals surface area contributed by atoms with E-state index in [0.29, 0.717) is 11.7 Å². The van der Waals surface area contributed by atoms with Crippen LogP contribution in [0.25, 0.3) is 0 Å². The number of nitrogens with one attached hydrogen (secondary N) is 1. The van der Waals surface area contributed by atoms with Crippen molar-refractivity contribution in [2.45, 2.75) is 30.7 Å². The molecule has 6 nitrogen and oxygen atoms in total. The van der Waals surface area contributed by atoms with Gasteiger partial charge in [-0.1, -0.05) is 60.7 Å². The van der Waals surface area contributed by atoms with Crippen molar-refractivity contribution in [3.8, 4) is 5.75 Å². The van der Waals surface area contributed by atoms with E-state index in [1.54, 1.807) is 12.1 Å². The van der Waals surface area contributed by atoms with Gasteiger partial charge in [0.05, 0.1) is 4.90 Å². The number of carbonyl (C=O) groups excluding carboxylic acids is 1. The highest BCUT2D eigenvalue weighted by Gasteiger charge is 2.23. The molecule has 0 radical (unpaired) electrons. The SMILES string of the molecule is O=C(COc1ccc(S(=O)(=O)NCc2ccccc2)cc1)N1CCC(Cc2ccccc2)CC1. The number of amides is 1. The monoisotopic (exact) mass is 478 g/mol. The molecule has 1 aliphatic rings. The minimum absolute atomic E-state index is 0.0422. The van der Waals surface area contributed by atoms with Gasteiger partial charge in [0.2, 0.25) is 10.0 Å². The number of ether oxygens (including phenoxy) is 1. The number of hydrogen-bond donors (Lipinski definition) is 1. The molecule has 1 fully saturated rings. The minimum Gasteiger partial charge on any atom is -0.484 e. The van der Waals surface area contributed by atoms with Crippen LogP contribution in [0.3, 0.4) is 0 Å². The van der Waals surface area contributed by atoms with E-state index in [0.717, 1.165) is 37.9 Å². The Labute approximate surface area is 201 Å². The van der Waals surface area contributed by atoms with Gasteiger partial charge in [0.1, 0.15) is 5.75 Å². The molecule has 4 rings (SSSR count). The largest absolute Gasteiger partial charge is 0.484 e. The Kier molecular flexibility index (Phi) is 7.98. The molecule has 1 aliphatic heterocycles. The molecule has 0 spiro atoms. The number of rotatable bonds is 9. The Morgan fingerprint density at radius 3 is 2.06 bits per heavy atom. The molecular formula is C27H30N2O4S. The number of likely N-dealkylation sites (tertiary alicyclic amines) is 1. The Bertz CT molecular complexity index is 1160. The van der Waals surface area contributed by atoms with Crippen molar-refractivity contribution in [1.82, 2.24) is 9.62 Å². The summed E-state index contributed by atoms with van der Waals surface area (Å²) in [5.41, 5.74) is 2.23. The second kappa shape index (κ2) is 11.3. The molecular weight excluding hydrogens is 448 g/mol. The molecule has 1 amide bonds. The van der Waals surface area contributed by atoms with Crippen LogP contribution in [0.5, 0.6) is 5.75 Å². The first-order valence-electron chi connectivity index (χ1n) is 11.6. The number of nitrogens with zero attached hydrogens (tertiary/aromatic N) is 1. The van der Waals surface area contributed by atoms with Gasteiger partial charge in [-0.15, -0.1) is 0 Å². The topological polar surface area (TPSA) is 75.7 Å². The molecule has 0 aromatic heterocycles. The van der Waals surface area contributed by atoms with Crippen LogP contribution in [-0.2, 0) is 27.8 Å². The Hall–Kier alpha value is -3.16. The molecule has 3 aromatic carbocycles. The standard InChI is InChI=1S/C27H30N2O4S/c30-27(29-17-15-23(16-18-29)19-22-7-3-1-4-8-22)21-33-25-11-13-26(14-12-25)34(31,32)28-20-24-9-5-2-6-10-24/h1-14,23,28H,15-21H2. The van der Waals surface area contributed by atoms with Gasteiger partial charge in [-0.05, 0) is 60.6 Å². The molecule has 0 saturated carbocycles. The number of carbonyl (C=O) groups is 1. The van der Waals surface area contributed by atoms with Crippen molar-refractivity contribution in [1.29, 1.82) is 0 Å². The van der Waals surface area contributed by atoms with Crippen LogP contribution >= 0.6 is 0 Å². The van der Waals surface area contributed by atoms with Crippen LogP contribution in [0.4, 0.5) is 0 Å². The lowest BCUT2D eigenvalue weighted by atomic mass is 9.90. The fourth-order valence-corrected chi connectivity index (χ4v) is 5.16. The van der Waals surface area contributed by atoms with Crippen molar-refractivity contribution in [2.24, 2.45) is 5.92 Å². The molecule has 1 saturated heterocycles. The second-order valence-electron chi connectivity index (χ2n) is 8.58. The summed E-state index contributed by atoms with van der Waals surface area (Å²) in [5, 5.41) is 0. The average molecular weight is 479 g/mol. The Morgan fingerprint density at radius 1 is 0.853 bits per heavy atom. The van der Waals surface area contributed by atoms with E-state index >= 15 is 0 Å². The first-order valence-corrected chi connectivity index (χ1v) is 13.1. The summed E-state index contributed by atoms with van der Waals surface area (Å²) in [6.07, 6.45) is 3.03. The van der Waals surface area contributed by atoms with Gasteiger partial charge in [0.25, 0.3) is 5.91 Å². The van der Waals surface area contributed by atoms with Crippen LogP contribution in [0.2, 0.25) is 0 Å². The number of hydrogen-bond acceptors (Lipinski definition) is 4. The maximum atomic E-state index is 12.6. The summed E-state index contributed by atoms with van der Waals surface area (Å²) in [4.78, 5) is 14.6. The van der Waals surface area contributed by atoms with Crippen molar-refractivity contribution in [3.05, 3.63) is 96.1 Å². The van der Waals surface area contributed by atoms with E-state index < -0.39 is 10.0 Å². The summed E-state index contributed by atoms with van der Waals surface area (Å²) < 4.78 is 33.3. The highest BCUT2D eigenvalue weighted by Crippen LogP contribution is 2.22. The predicted molar refractivity (Wildman–Crippen MR) is 132 cm³/mol. The van der Waals surface area contributed by atoms with Gasteiger partial charge in [-0.25, -0.2) is 13.1 Å². The van der Waals surface area contributed by atoms with Crippen molar-refractivity contribution in [3.63, 3.8) is 0 Å². The van der Waals surface area contributed by atoms with E-state index in [-0.39, 0.29) is 24.0 Å². The third kappa shape index (κ3) is 6.68. The molecule has 1 N–H and O–H groups in total. The molecule has 7 heteroatoms. The first-order chi connectivity index (χ1) is 16.5. The van der Waals surface area contributed by atoms with Gasteiger partial charge in [0, 0.05) is 19.6 Å². The van der Waals surface area contributed by atoms with Crippen LogP contribution in [-0.4, -0.2) is 38.9 Å². The van der Waals surface area contributed by atoms with Gasteiger partial charge in [-0.3, -0.25) is 4.79 Å². The van der Waals surface area contributed by atoms with Crippen molar-refractivity contribution >= 4 is 15.9 Å². The molecule has 3 aromatic rings. The Balaban J connectivity index is 1.22. The molecule has 0 bridgehead atoms. The lowest BCUT2D eigenvalue weighted by Gasteiger charge is -2.32. The van der Waals surface area contributed by atoms with Gasteiger partial charge in [-0.2, -0.15) is 0 Å². The van der Waals surface area contributed by atoms with Gasteiger partial charge in [0.15, 0.2) is 6.61 Å². The zero-order valence-corrected chi connectivity index (χ0v) is 19.9. The predicted octanol–water partition coefficient (Wildman–Crippen LogP) is 4.03. The summed E-state index contributed by atoms with van der Waals surface area (Å²) >= 11 is 0. The average Bonchev–Trinajstić information content (AvgIpc) is 2.88. The number of sulfonamides is 1. The fraction of sp³-hybridized carbons (Fsp3) is 0.296. The third-order valence-corrected chi connectivity index (χ3v) is 7.56. The first kappa shape index (κ1) is 24.0. The summed E-state index contributed by atoms with van der Waals surface area (Å²) in [5.74, 6) is 1.02. The molecule has 0 aliphatic carbocycles. The van der Waals surface area contributed by atoms with Crippen molar-refractivity contribution in [2.75, 3.05) is 19.7 Å². The smallest absolute Gasteiger partial charge is 0.260 e. The number of piperidine rings is 1. The van der Waals surface area contributed by atoms with E-state index in [2.05, 4.69) is 29.0 Å². The van der Waals surface area contributed by atoms with E-state index in [1.807, 2.05) is 41.3 Å². The molecule has 178 valence electrons. The van der Waals surface area contributed by atoms with Crippen LogP contribution in [0.15, 0.2) is 89.8 Å². The minimum atomic E-state index is -3.63. The van der Waals surface area contributed by atoms with Crippen molar-refractivity contribution < 1.29 is 17.9 Å². The molecule has 1 heterocycles. The molecule has 0 unspecified atom stereocenters. The normalized spacial score (nSPS) is 14.6. The summed E-state index contributed by atoms with van der Waals surface area (Å²) in [7, 11) is -3.63. The summed E-state index contributed by atoms with van der Waals surface area (Å²) in [6, 6.07) is 25.9. The quantitative estimate of drug-likeness (QED) is 0.504. The maximum absolute atomic E-state index is 12.6. The van der Waals surface area contributed by atoms with Crippen LogP contribution in [0.1, 0.15) is 24.0 Å². The number of benzene rings is 3. The molecule has 0 atom stereocenters. The lowest BCUT2D eigenvalue weighted by molar-refractivity contribution is -0.134. The summed E-state index contributed by atoms with van der Waals surface area (Å²) in [6.45, 7) is 1.65. The third-order valence-electron chi connectivity index (χ3n) is 6.14. The van der Waals surface area contributed by atoms with Gasteiger partial charge >= 0.3 is 0 Å². The van der Waals surface area contributed by atoms with Crippen LogP contribution in [0, 0.1) is 5.92 Å². The zero-order valence-electron chi connectivity index (χ0n) is 19.1. The zero-order chi connectivity index (χ0) is 23.8. The van der Waals surface area contributed by atoms with Gasteiger partial charge < -0.3 is 9.64 Å². The molecule has 34 heavy (non-hydrogen) atoms.